The molecular formula is C9H19N3O2. The summed E-state index contributed by atoms with van der Waals surface area (Å²) in [6.07, 6.45) is -0.0529. The maximum atomic E-state index is 10.7. The molecule has 0 saturated carbocycles. The van der Waals surface area contributed by atoms with Gasteiger partial charge >= 0.3 is 6.09 Å². The Bertz CT molecular complexity index is 213. The predicted molar refractivity (Wildman–Crippen MR) is 54.3 cm³/mol. The van der Waals surface area contributed by atoms with Crippen LogP contribution in [0, 0.1) is 0 Å². The summed E-state index contributed by atoms with van der Waals surface area (Å²) >= 11 is 0. The summed E-state index contributed by atoms with van der Waals surface area (Å²) in [7, 11) is 0. The Morgan fingerprint density at radius 3 is 2.86 bits per heavy atom. The van der Waals surface area contributed by atoms with Crippen molar-refractivity contribution in [3.8, 4) is 0 Å². The standard InChI is InChI=1S/C9H19N3O2/c1-9(2,10)5-7-6-12(8(13)14)4-3-11-7/h7,11H,3-6,10H2,1-2H3,(H,13,14). The van der Waals surface area contributed by atoms with Crippen LogP contribution in [-0.4, -0.2) is 47.3 Å². The third-order valence-corrected chi connectivity index (χ3v) is 2.30. The second-order valence-electron chi connectivity index (χ2n) is 4.57. The number of hydrogen-bond donors (Lipinski definition) is 3. The fraction of sp³-hybridized carbons (Fsp3) is 0.889. The quantitative estimate of drug-likeness (QED) is 0.590. The Hall–Kier alpha value is -0.810. The lowest BCUT2D eigenvalue weighted by Crippen LogP contribution is -2.55. The number of amides is 1. The molecule has 1 unspecified atom stereocenters. The summed E-state index contributed by atoms with van der Waals surface area (Å²) in [6.45, 7) is 5.72. The van der Waals surface area contributed by atoms with E-state index < -0.39 is 6.09 Å². The van der Waals surface area contributed by atoms with E-state index in [-0.39, 0.29) is 11.6 Å². The molecule has 1 heterocycles. The number of piperazine rings is 1. The third-order valence-electron chi connectivity index (χ3n) is 2.30. The molecule has 82 valence electrons. The zero-order valence-electron chi connectivity index (χ0n) is 8.79. The molecular weight excluding hydrogens is 182 g/mol. The van der Waals surface area contributed by atoms with Gasteiger partial charge in [-0.3, -0.25) is 0 Å². The Kier molecular flexibility index (Phi) is 3.34. The molecule has 1 atom stereocenters. The van der Waals surface area contributed by atoms with Crippen LogP contribution < -0.4 is 11.1 Å². The van der Waals surface area contributed by atoms with Crippen molar-refractivity contribution in [3.63, 3.8) is 0 Å². The van der Waals surface area contributed by atoms with Crippen molar-refractivity contribution >= 4 is 6.09 Å². The van der Waals surface area contributed by atoms with Gasteiger partial charge in [0.15, 0.2) is 0 Å². The first-order chi connectivity index (χ1) is 6.38. The minimum Gasteiger partial charge on any atom is -0.465 e. The van der Waals surface area contributed by atoms with Crippen LogP contribution >= 0.6 is 0 Å². The van der Waals surface area contributed by atoms with Crippen molar-refractivity contribution in [2.45, 2.75) is 31.8 Å². The minimum absolute atomic E-state index is 0.180. The van der Waals surface area contributed by atoms with Crippen LogP contribution in [0.15, 0.2) is 0 Å². The number of hydrogen-bond acceptors (Lipinski definition) is 3. The molecule has 1 rings (SSSR count). The van der Waals surface area contributed by atoms with Crippen molar-refractivity contribution in [3.05, 3.63) is 0 Å². The molecule has 0 aromatic rings. The van der Waals surface area contributed by atoms with Gasteiger partial charge in [-0.25, -0.2) is 4.79 Å². The second kappa shape index (κ2) is 4.14. The van der Waals surface area contributed by atoms with Gasteiger partial charge in [0.05, 0.1) is 0 Å². The van der Waals surface area contributed by atoms with Gasteiger partial charge in [0.25, 0.3) is 0 Å². The van der Waals surface area contributed by atoms with Gasteiger partial charge in [0.1, 0.15) is 0 Å². The van der Waals surface area contributed by atoms with Gasteiger partial charge < -0.3 is 21.1 Å². The van der Waals surface area contributed by atoms with Gasteiger partial charge in [-0.05, 0) is 20.3 Å². The van der Waals surface area contributed by atoms with E-state index in [0.29, 0.717) is 19.6 Å². The lowest BCUT2D eigenvalue weighted by molar-refractivity contribution is 0.124. The second-order valence-corrected chi connectivity index (χ2v) is 4.57. The molecule has 0 aromatic heterocycles. The molecule has 1 amide bonds. The molecule has 1 saturated heterocycles. The smallest absolute Gasteiger partial charge is 0.407 e. The van der Waals surface area contributed by atoms with Gasteiger partial charge in [-0.1, -0.05) is 0 Å². The topological polar surface area (TPSA) is 78.6 Å². The lowest BCUT2D eigenvalue weighted by Gasteiger charge is -2.35. The highest BCUT2D eigenvalue weighted by molar-refractivity contribution is 5.65. The molecule has 0 bridgehead atoms. The van der Waals surface area contributed by atoms with E-state index >= 15 is 0 Å². The molecule has 0 aliphatic carbocycles. The van der Waals surface area contributed by atoms with Crippen molar-refractivity contribution in [1.82, 2.24) is 10.2 Å². The van der Waals surface area contributed by atoms with Crippen molar-refractivity contribution < 1.29 is 9.90 Å². The monoisotopic (exact) mass is 201 g/mol. The maximum absolute atomic E-state index is 10.7. The van der Waals surface area contributed by atoms with E-state index in [1.807, 2.05) is 13.8 Å². The fourth-order valence-electron chi connectivity index (χ4n) is 1.77. The third kappa shape index (κ3) is 3.51. The zero-order valence-corrected chi connectivity index (χ0v) is 8.79. The van der Waals surface area contributed by atoms with Crippen LogP contribution in [0.2, 0.25) is 0 Å². The fourth-order valence-corrected chi connectivity index (χ4v) is 1.77. The van der Waals surface area contributed by atoms with Gasteiger partial charge in [0, 0.05) is 31.2 Å². The normalized spacial score (nSPS) is 23.6. The van der Waals surface area contributed by atoms with Gasteiger partial charge in [-0.15, -0.1) is 0 Å². The Balaban J connectivity index is 2.44. The molecule has 5 nitrogen and oxygen atoms in total. The molecule has 1 aliphatic rings. The van der Waals surface area contributed by atoms with E-state index in [4.69, 9.17) is 10.8 Å². The first-order valence-electron chi connectivity index (χ1n) is 4.88. The van der Waals surface area contributed by atoms with Crippen LogP contribution in [0.3, 0.4) is 0 Å². The van der Waals surface area contributed by atoms with Crippen molar-refractivity contribution in [2.75, 3.05) is 19.6 Å². The Morgan fingerprint density at radius 2 is 2.36 bits per heavy atom. The summed E-state index contributed by atoms with van der Waals surface area (Å²) in [4.78, 5) is 12.2. The number of nitrogens with zero attached hydrogens (tertiary/aromatic N) is 1. The van der Waals surface area contributed by atoms with E-state index in [1.54, 1.807) is 0 Å². The minimum atomic E-state index is -0.841. The maximum Gasteiger partial charge on any atom is 0.407 e. The first kappa shape index (κ1) is 11.3. The SMILES string of the molecule is CC(C)(N)CC1CN(C(=O)O)CCN1. The molecule has 1 fully saturated rings. The first-order valence-corrected chi connectivity index (χ1v) is 4.88. The molecule has 1 aliphatic heterocycles. The average Bonchev–Trinajstić information content (AvgIpc) is 2.01. The highest BCUT2D eigenvalue weighted by Crippen LogP contribution is 2.11. The number of nitrogens with two attached hydrogens (primary N) is 1. The highest BCUT2D eigenvalue weighted by Gasteiger charge is 2.26. The molecule has 4 N–H and O–H groups in total. The number of carboxylic acid groups (broad SMARTS) is 1. The van der Waals surface area contributed by atoms with Crippen LogP contribution in [0.4, 0.5) is 4.79 Å². The number of carbonyl (C=O) groups is 1. The van der Waals surface area contributed by atoms with Gasteiger partial charge in [-0.2, -0.15) is 0 Å². The van der Waals surface area contributed by atoms with Crippen molar-refractivity contribution in [2.24, 2.45) is 5.73 Å². The number of nitrogens with one attached hydrogen (secondary N) is 1. The van der Waals surface area contributed by atoms with Gasteiger partial charge in [0.2, 0.25) is 0 Å². The summed E-state index contributed by atoms with van der Waals surface area (Å²) in [5.41, 5.74) is 5.63. The predicted octanol–water partition coefficient (Wildman–Crippen LogP) is 0.0656. The van der Waals surface area contributed by atoms with E-state index in [0.717, 1.165) is 6.42 Å². The molecule has 5 heteroatoms. The Labute approximate surface area is 84.3 Å². The lowest BCUT2D eigenvalue weighted by atomic mass is 9.95. The summed E-state index contributed by atoms with van der Waals surface area (Å²) in [5, 5.41) is 12.1. The van der Waals surface area contributed by atoms with Crippen LogP contribution in [0.5, 0.6) is 0 Å². The van der Waals surface area contributed by atoms with E-state index in [9.17, 15) is 4.79 Å². The Morgan fingerprint density at radius 1 is 1.71 bits per heavy atom. The summed E-state index contributed by atoms with van der Waals surface area (Å²) in [6, 6.07) is 0.180. The highest BCUT2D eigenvalue weighted by atomic mass is 16.4. The van der Waals surface area contributed by atoms with Crippen LogP contribution in [0.1, 0.15) is 20.3 Å². The average molecular weight is 201 g/mol. The largest absolute Gasteiger partial charge is 0.465 e. The van der Waals surface area contributed by atoms with Crippen molar-refractivity contribution in [1.29, 1.82) is 0 Å². The van der Waals surface area contributed by atoms with E-state index in [1.165, 1.54) is 4.90 Å². The summed E-state index contributed by atoms with van der Waals surface area (Å²) in [5.74, 6) is 0. The molecule has 0 spiro atoms. The van der Waals surface area contributed by atoms with Crippen LogP contribution in [-0.2, 0) is 0 Å². The number of rotatable bonds is 2. The molecule has 0 radical (unpaired) electrons. The van der Waals surface area contributed by atoms with E-state index in [2.05, 4.69) is 5.32 Å². The zero-order chi connectivity index (χ0) is 10.8. The van der Waals surface area contributed by atoms with Crippen LogP contribution in [0.25, 0.3) is 0 Å². The summed E-state index contributed by atoms with van der Waals surface area (Å²) < 4.78 is 0. The molecule has 14 heavy (non-hydrogen) atoms. The molecule has 0 aromatic carbocycles.